The summed E-state index contributed by atoms with van der Waals surface area (Å²) in [5, 5.41) is 0. The van der Waals surface area contributed by atoms with Gasteiger partial charge in [-0.25, -0.2) is 0 Å². The van der Waals surface area contributed by atoms with Crippen molar-refractivity contribution in [2.24, 2.45) is 5.73 Å². The number of hydrogen-bond donors (Lipinski definition) is 2. The quantitative estimate of drug-likeness (QED) is 0.403. The first-order valence-corrected chi connectivity index (χ1v) is 1.36. The SMILES string of the molecule is NC(=O)[NH][Cu]. The molecule has 34 valence electrons. The van der Waals surface area contributed by atoms with E-state index in [0.29, 0.717) is 0 Å². The first kappa shape index (κ1) is 4.79. The molecule has 0 heterocycles. The van der Waals surface area contributed by atoms with Crippen LogP contribution in [0.15, 0.2) is 0 Å². The van der Waals surface area contributed by atoms with Crippen LogP contribution in [-0.2, 0) is 16.2 Å². The van der Waals surface area contributed by atoms with Gasteiger partial charge in [-0.15, -0.1) is 0 Å². The van der Waals surface area contributed by atoms with Gasteiger partial charge in [0.25, 0.3) is 0 Å². The number of carbonyl (C=O) groups is 1. The van der Waals surface area contributed by atoms with E-state index in [-0.39, 0.29) is 0 Å². The monoisotopic (exact) mass is 122 g/mol. The molecule has 0 saturated carbocycles. The summed E-state index contributed by atoms with van der Waals surface area (Å²) in [6.07, 6.45) is 0. The zero-order chi connectivity index (χ0) is 4.28. The van der Waals surface area contributed by atoms with Crippen molar-refractivity contribution >= 4 is 6.03 Å². The Kier molecular flexibility index (Phi) is 1.97. The molecule has 0 spiro atoms. The van der Waals surface area contributed by atoms with E-state index in [2.05, 4.69) is 22.0 Å². The van der Waals surface area contributed by atoms with E-state index in [1.54, 1.807) is 4.33 Å². The maximum atomic E-state index is 9.37. The van der Waals surface area contributed by atoms with Crippen molar-refractivity contribution in [2.45, 2.75) is 0 Å². The Hall–Kier alpha value is -0.211. The molecule has 0 aliphatic heterocycles. The second kappa shape index (κ2) is 2.05. The predicted octanol–water partition coefficient (Wildman–Crippen LogP) is -0.883. The molecule has 5 heavy (non-hydrogen) atoms. The van der Waals surface area contributed by atoms with E-state index in [1.807, 2.05) is 0 Å². The number of primary amides is 1. The number of nitrogens with two attached hydrogens (primary N) is 1. The van der Waals surface area contributed by atoms with E-state index in [9.17, 15) is 4.79 Å². The Balaban J connectivity index is 2.85. The first-order chi connectivity index (χ1) is 2.27. The first-order valence-electron chi connectivity index (χ1n) is 0.894. The van der Waals surface area contributed by atoms with Gasteiger partial charge in [0.1, 0.15) is 0 Å². The Labute approximate surface area is 37.9 Å². The summed E-state index contributed by atoms with van der Waals surface area (Å²) >= 11 is 4.08. The number of amides is 2. The fourth-order valence-corrected chi connectivity index (χ4v) is 0. The molecule has 0 aromatic rings. The molecule has 0 rings (SSSR count). The zero-order valence-corrected chi connectivity index (χ0v) is 3.23. The van der Waals surface area contributed by atoms with Crippen LogP contribution in [0.3, 0.4) is 0 Å². The van der Waals surface area contributed by atoms with E-state index in [1.165, 1.54) is 0 Å². The van der Waals surface area contributed by atoms with Crippen LogP contribution >= 0.6 is 0 Å². The van der Waals surface area contributed by atoms with Crippen molar-refractivity contribution in [3.05, 3.63) is 0 Å². The van der Waals surface area contributed by atoms with Gasteiger partial charge in [-0.05, 0) is 0 Å². The van der Waals surface area contributed by atoms with Crippen LogP contribution in [0.25, 0.3) is 0 Å². The van der Waals surface area contributed by atoms with Gasteiger partial charge in [-0.1, -0.05) is 0 Å². The fraction of sp³-hybridized carbons (Fsp3) is 0. The molecule has 3 nitrogen and oxygen atoms in total. The number of urea groups is 1. The second-order valence-electron chi connectivity index (χ2n) is 0.440. The zero-order valence-electron chi connectivity index (χ0n) is 2.29. The van der Waals surface area contributed by atoms with Crippen LogP contribution in [-0.4, -0.2) is 6.03 Å². The minimum absolute atomic E-state index is 0.690. The van der Waals surface area contributed by atoms with Crippen LogP contribution in [0.5, 0.6) is 0 Å². The molecule has 0 atom stereocenters. The molecule has 0 aliphatic rings. The number of nitrogens with one attached hydrogen (secondary N) is 1. The van der Waals surface area contributed by atoms with Crippen LogP contribution in [0.4, 0.5) is 4.79 Å². The summed E-state index contributed by atoms with van der Waals surface area (Å²) in [4.78, 5) is 9.37. The third kappa shape index (κ3) is 3.79. The normalized spacial score (nSPS) is 6.80. The van der Waals surface area contributed by atoms with E-state index in [4.69, 9.17) is 0 Å². The molecule has 0 aromatic heterocycles. The summed E-state index contributed by atoms with van der Waals surface area (Å²) in [6, 6.07) is -0.690. The Morgan fingerprint density at radius 2 is 2.20 bits per heavy atom. The van der Waals surface area contributed by atoms with Gasteiger partial charge in [-0.3, -0.25) is 0 Å². The summed E-state index contributed by atoms with van der Waals surface area (Å²) in [5.41, 5.74) is 4.43. The van der Waals surface area contributed by atoms with Gasteiger partial charge >= 0.3 is 37.1 Å². The van der Waals surface area contributed by atoms with Crippen molar-refractivity contribution in [2.75, 3.05) is 0 Å². The molecule has 3 N–H and O–H groups in total. The van der Waals surface area contributed by atoms with Crippen LogP contribution in [0.1, 0.15) is 0 Å². The fourth-order valence-electron chi connectivity index (χ4n) is 0. The minimum atomic E-state index is -0.690. The molecule has 0 radical (unpaired) electrons. The van der Waals surface area contributed by atoms with Gasteiger partial charge in [0, 0.05) is 0 Å². The summed E-state index contributed by atoms with van der Waals surface area (Å²) in [7, 11) is 0. The topological polar surface area (TPSA) is 55.1 Å². The van der Waals surface area contributed by atoms with Crippen molar-refractivity contribution in [3.8, 4) is 0 Å². The molecule has 0 bridgehead atoms. The molecule has 2 amide bonds. The molecular weight excluding hydrogens is 120 g/mol. The summed E-state index contributed by atoms with van der Waals surface area (Å²) in [5.74, 6) is 0. The van der Waals surface area contributed by atoms with Crippen LogP contribution in [0.2, 0.25) is 0 Å². The molecule has 0 aromatic carbocycles. The van der Waals surface area contributed by atoms with Gasteiger partial charge in [0.2, 0.25) is 0 Å². The predicted molar refractivity (Wildman–Crippen MR) is 12.7 cm³/mol. The summed E-state index contributed by atoms with van der Waals surface area (Å²) in [6.45, 7) is 0. The molecule has 0 unspecified atom stereocenters. The van der Waals surface area contributed by atoms with Gasteiger partial charge in [-0.2, -0.15) is 0 Å². The van der Waals surface area contributed by atoms with Gasteiger partial charge in [0.05, 0.1) is 0 Å². The number of carbonyl (C=O) groups excluding carboxylic acids is 1. The molecular formula is CH3CuN2O. The standard InChI is InChI=1S/CH4N2O.Cu/c2-1(3)4;/h(H4,2,3,4);/q;+1/p-1. The van der Waals surface area contributed by atoms with Gasteiger partial charge < -0.3 is 0 Å². The Morgan fingerprint density at radius 3 is 2.20 bits per heavy atom. The average Bonchev–Trinajstić information content (AvgIpc) is 1.38. The van der Waals surface area contributed by atoms with Crippen molar-refractivity contribution in [1.29, 1.82) is 0 Å². The molecule has 0 fully saturated rings. The van der Waals surface area contributed by atoms with Crippen molar-refractivity contribution in [1.82, 2.24) is 4.33 Å². The Bertz CT molecular complexity index is 44.9. The van der Waals surface area contributed by atoms with E-state index < -0.39 is 6.03 Å². The maximum absolute atomic E-state index is 9.37. The third-order valence-electron chi connectivity index (χ3n) is 0.0743. The van der Waals surface area contributed by atoms with Crippen LogP contribution in [0, 0.1) is 0 Å². The number of hydrogen-bond acceptors (Lipinski definition) is 1. The van der Waals surface area contributed by atoms with Crippen LogP contribution < -0.4 is 10.1 Å². The Morgan fingerprint density at radius 1 is 2.00 bits per heavy atom. The average molecular weight is 123 g/mol. The molecule has 0 saturated heterocycles. The number of rotatable bonds is 0. The molecule has 0 aliphatic carbocycles. The van der Waals surface area contributed by atoms with Crippen molar-refractivity contribution in [3.63, 3.8) is 0 Å². The van der Waals surface area contributed by atoms with Crippen molar-refractivity contribution < 1.29 is 21.0 Å². The second-order valence-corrected chi connectivity index (χ2v) is 0.675. The van der Waals surface area contributed by atoms with E-state index >= 15 is 0 Å². The van der Waals surface area contributed by atoms with E-state index in [0.717, 1.165) is 0 Å². The third-order valence-corrected chi connectivity index (χ3v) is 0.306. The molecule has 4 heteroatoms. The van der Waals surface area contributed by atoms with Gasteiger partial charge in [0.15, 0.2) is 0 Å². The summed E-state index contributed by atoms with van der Waals surface area (Å²) < 4.78 is 1.73.